The molecule has 2 aromatic heterocycles. The average Bonchev–Trinajstić information content (AvgIpc) is 3.34. The number of aryl methyl sites for hydroxylation is 2. The third-order valence-electron chi connectivity index (χ3n) is 5.60. The van der Waals surface area contributed by atoms with E-state index < -0.39 is 0 Å². The van der Waals surface area contributed by atoms with Crippen LogP contribution in [0.3, 0.4) is 0 Å². The maximum Gasteiger partial charge on any atom is 0.180 e. The second-order valence-corrected chi connectivity index (χ2v) is 9.66. The van der Waals surface area contributed by atoms with Crippen molar-refractivity contribution in [2.75, 3.05) is 16.4 Å². The number of aromatic nitrogens is 3. The number of nitrogen functional groups attached to an aromatic ring is 1. The minimum absolute atomic E-state index is 0.378. The predicted molar refractivity (Wildman–Crippen MR) is 155 cm³/mol. The molecule has 0 aliphatic heterocycles. The Morgan fingerprint density at radius 3 is 2.24 bits per heavy atom. The Hall–Kier alpha value is -4.34. The van der Waals surface area contributed by atoms with Crippen LogP contribution in [-0.4, -0.2) is 20.3 Å². The molecular weight excluding hydrogens is 500 g/mol. The predicted octanol–water partition coefficient (Wildman–Crippen LogP) is 7.07. The molecule has 0 amide bonds. The van der Waals surface area contributed by atoms with E-state index in [4.69, 9.17) is 22.7 Å². The summed E-state index contributed by atoms with van der Waals surface area (Å²) in [5, 5.41) is 17.7. The third-order valence-corrected chi connectivity index (χ3v) is 6.48. The summed E-state index contributed by atoms with van der Waals surface area (Å²) in [7, 11) is 0. The normalized spacial score (nSPS) is 10.6. The van der Waals surface area contributed by atoms with E-state index in [1.807, 2.05) is 86.0 Å². The summed E-state index contributed by atoms with van der Waals surface area (Å²) in [6.45, 7) is 4.03. The zero-order valence-corrected chi connectivity index (χ0v) is 21.9. The van der Waals surface area contributed by atoms with Gasteiger partial charge in [0.2, 0.25) is 0 Å². The molecule has 0 saturated carbocycles. The van der Waals surface area contributed by atoms with E-state index in [2.05, 4.69) is 37.9 Å². The van der Waals surface area contributed by atoms with Gasteiger partial charge in [0, 0.05) is 16.5 Å². The van der Waals surface area contributed by atoms with E-state index in [0.717, 1.165) is 45.1 Å². The fourth-order valence-electron chi connectivity index (χ4n) is 3.88. The number of nitrogens with two attached hydrogens (primary N) is 1. The summed E-state index contributed by atoms with van der Waals surface area (Å²) in [5.74, 6) is 1.97. The van der Waals surface area contributed by atoms with Gasteiger partial charge in [0.15, 0.2) is 21.8 Å². The average molecular weight is 525 g/mol. The van der Waals surface area contributed by atoms with Crippen LogP contribution in [0.5, 0.6) is 11.5 Å². The van der Waals surface area contributed by atoms with Gasteiger partial charge >= 0.3 is 0 Å². The van der Waals surface area contributed by atoms with Crippen LogP contribution in [0.2, 0.25) is 0 Å². The summed E-state index contributed by atoms with van der Waals surface area (Å²) in [6, 6.07) is 25.4. The topological polar surface area (TPSA) is 98.0 Å². The van der Waals surface area contributed by atoms with Gasteiger partial charge in [-0.15, -0.1) is 21.5 Å². The number of nitrogens with one attached hydrogen (secondary N) is 2. The Morgan fingerprint density at radius 1 is 0.838 bits per heavy atom. The molecule has 0 spiro atoms. The lowest BCUT2D eigenvalue weighted by Gasteiger charge is -2.17. The number of ether oxygens (including phenoxy) is 1. The summed E-state index contributed by atoms with van der Waals surface area (Å²) in [6.07, 6.45) is 0. The Balaban J connectivity index is 1.30. The lowest BCUT2D eigenvalue weighted by atomic mass is 10.0. The number of rotatable bonds is 6. The summed E-state index contributed by atoms with van der Waals surface area (Å²) < 4.78 is 6.36. The summed E-state index contributed by atoms with van der Waals surface area (Å²) >= 11 is 6.96. The van der Waals surface area contributed by atoms with E-state index in [1.165, 1.54) is 11.3 Å². The number of para-hydroxylation sites is 2. The van der Waals surface area contributed by atoms with Crippen LogP contribution in [0.1, 0.15) is 11.1 Å². The highest BCUT2D eigenvalue weighted by Gasteiger charge is 2.13. The second-order valence-electron chi connectivity index (χ2n) is 8.36. The summed E-state index contributed by atoms with van der Waals surface area (Å²) in [5.41, 5.74) is 12.2. The van der Waals surface area contributed by atoms with E-state index in [0.29, 0.717) is 21.8 Å². The summed E-state index contributed by atoms with van der Waals surface area (Å²) in [4.78, 5) is 4.39. The molecule has 37 heavy (non-hydrogen) atoms. The van der Waals surface area contributed by atoms with Gasteiger partial charge in [-0.1, -0.05) is 42.5 Å². The maximum atomic E-state index is 6.36. The first-order valence-electron chi connectivity index (χ1n) is 11.5. The molecule has 5 aromatic rings. The van der Waals surface area contributed by atoms with Crippen LogP contribution in [0.25, 0.3) is 22.5 Å². The smallest absolute Gasteiger partial charge is 0.180 e. The van der Waals surface area contributed by atoms with Crippen molar-refractivity contribution in [3.8, 4) is 34.0 Å². The number of benzene rings is 3. The third kappa shape index (κ3) is 5.74. The minimum Gasteiger partial charge on any atom is -0.455 e. The van der Waals surface area contributed by atoms with E-state index >= 15 is 0 Å². The molecule has 9 heteroatoms. The van der Waals surface area contributed by atoms with E-state index in [1.54, 1.807) is 0 Å². The van der Waals surface area contributed by atoms with Gasteiger partial charge in [-0.2, -0.15) is 0 Å². The number of thiazole rings is 1. The highest BCUT2D eigenvalue weighted by molar-refractivity contribution is 7.80. The van der Waals surface area contributed by atoms with Crippen LogP contribution in [-0.2, 0) is 0 Å². The number of thiocarbonyl (C=S) groups is 1. The van der Waals surface area contributed by atoms with Crippen molar-refractivity contribution in [3.05, 3.63) is 95.4 Å². The van der Waals surface area contributed by atoms with Crippen molar-refractivity contribution in [2.24, 2.45) is 0 Å². The first-order valence-corrected chi connectivity index (χ1v) is 12.8. The molecule has 184 valence electrons. The lowest BCUT2D eigenvalue weighted by Crippen LogP contribution is -2.20. The number of nitrogens with zero attached hydrogens (tertiary/aromatic N) is 3. The molecular formula is C28H24N6OS2. The fraction of sp³-hybridized carbons (Fsp3) is 0.0714. The second kappa shape index (κ2) is 10.7. The van der Waals surface area contributed by atoms with Gasteiger partial charge in [-0.3, -0.25) is 0 Å². The zero-order chi connectivity index (χ0) is 25.8. The Labute approximate surface area is 224 Å². The van der Waals surface area contributed by atoms with Crippen LogP contribution >= 0.6 is 23.6 Å². The van der Waals surface area contributed by atoms with Crippen LogP contribution < -0.4 is 21.1 Å². The molecule has 7 nitrogen and oxygen atoms in total. The van der Waals surface area contributed by atoms with Crippen LogP contribution in [0.15, 0.2) is 84.2 Å². The van der Waals surface area contributed by atoms with Gasteiger partial charge in [0.25, 0.3) is 0 Å². The standard InChI is InChI=1S/C28H24N6OS2/c1-17-14-20(23-16-37-27(29)30-23)15-18(2)26(17)35-24-11-7-6-10-22(24)31-28(36)32-25-13-12-21(33-34-25)19-8-4-3-5-9-19/h3-16H,1-2H3,(H2,29,30)(H2,31,32,34,36). The molecule has 0 unspecified atom stereocenters. The lowest BCUT2D eigenvalue weighted by molar-refractivity contribution is 0.477. The van der Waals surface area contributed by atoms with Crippen molar-refractivity contribution in [1.29, 1.82) is 0 Å². The quantitative estimate of drug-likeness (QED) is 0.203. The van der Waals surface area contributed by atoms with E-state index in [-0.39, 0.29) is 0 Å². The van der Waals surface area contributed by atoms with Gasteiger partial charge in [0.1, 0.15) is 5.75 Å². The van der Waals surface area contributed by atoms with Gasteiger partial charge in [-0.25, -0.2) is 4.98 Å². The zero-order valence-electron chi connectivity index (χ0n) is 20.2. The molecule has 5 rings (SSSR count). The molecule has 0 atom stereocenters. The Bertz CT molecular complexity index is 1530. The van der Waals surface area contributed by atoms with Gasteiger partial charge in [0.05, 0.1) is 17.1 Å². The first-order chi connectivity index (χ1) is 18.0. The molecule has 0 radical (unpaired) electrons. The van der Waals surface area contributed by atoms with Crippen molar-refractivity contribution in [2.45, 2.75) is 13.8 Å². The van der Waals surface area contributed by atoms with Crippen molar-refractivity contribution < 1.29 is 4.74 Å². The largest absolute Gasteiger partial charge is 0.455 e. The molecule has 0 bridgehead atoms. The molecule has 2 heterocycles. The van der Waals surface area contributed by atoms with Crippen LogP contribution in [0, 0.1) is 13.8 Å². The number of hydrogen-bond donors (Lipinski definition) is 3. The first kappa shape index (κ1) is 24.4. The highest BCUT2D eigenvalue weighted by Crippen LogP contribution is 2.36. The Kier molecular flexibility index (Phi) is 7.07. The van der Waals surface area contributed by atoms with Crippen LogP contribution in [0.4, 0.5) is 16.6 Å². The van der Waals surface area contributed by atoms with Crippen molar-refractivity contribution in [1.82, 2.24) is 15.2 Å². The van der Waals surface area contributed by atoms with E-state index in [9.17, 15) is 0 Å². The highest BCUT2D eigenvalue weighted by atomic mass is 32.1. The molecule has 0 fully saturated rings. The molecule has 0 aliphatic rings. The molecule has 0 saturated heterocycles. The molecule has 3 aromatic carbocycles. The maximum absolute atomic E-state index is 6.36. The van der Waals surface area contributed by atoms with Gasteiger partial charge < -0.3 is 21.1 Å². The minimum atomic E-state index is 0.378. The monoisotopic (exact) mass is 524 g/mol. The number of anilines is 3. The van der Waals surface area contributed by atoms with Crippen molar-refractivity contribution >= 4 is 45.3 Å². The Morgan fingerprint density at radius 2 is 1.57 bits per heavy atom. The fourth-order valence-corrected chi connectivity index (χ4v) is 4.67. The number of hydrogen-bond acceptors (Lipinski definition) is 7. The molecule has 0 aliphatic carbocycles. The van der Waals surface area contributed by atoms with Gasteiger partial charge in [-0.05, 0) is 73.6 Å². The van der Waals surface area contributed by atoms with Crippen molar-refractivity contribution in [3.63, 3.8) is 0 Å². The SMILES string of the molecule is Cc1cc(-c2csc(N)n2)cc(C)c1Oc1ccccc1NC(=S)Nc1ccc(-c2ccccc2)nn1. The molecule has 4 N–H and O–H groups in total.